The van der Waals surface area contributed by atoms with Crippen molar-refractivity contribution in [2.75, 3.05) is 0 Å². The van der Waals surface area contributed by atoms with Gasteiger partial charge in [-0.1, -0.05) is 48.5 Å². The number of rotatable bonds is 4. The summed E-state index contributed by atoms with van der Waals surface area (Å²) in [4.78, 5) is 23.9. The number of carboxylic acid groups (broad SMARTS) is 1. The fraction of sp³-hybridized carbons (Fsp3) is 0.0417. The minimum absolute atomic E-state index is 0.0227. The number of nitriles is 1. The zero-order valence-corrected chi connectivity index (χ0v) is 15.7. The molecule has 4 rings (SSSR count). The van der Waals surface area contributed by atoms with Gasteiger partial charge in [-0.2, -0.15) is 5.26 Å². The van der Waals surface area contributed by atoms with Gasteiger partial charge in [0.1, 0.15) is 11.4 Å². The molecule has 0 bridgehead atoms. The van der Waals surface area contributed by atoms with Crippen molar-refractivity contribution in [3.05, 3.63) is 106 Å². The number of carboxylic acids is 1. The van der Waals surface area contributed by atoms with Gasteiger partial charge in [0.2, 0.25) is 5.43 Å². The predicted molar refractivity (Wildman–Crippen MR) is 111 cm³/mol. The molecular weight excluding hydrogens is 383 g/mol. The second-order valence-electron chi connectivity index (χ2n) is 6.80. The molecule has 4 aromatic rings. The number of hydrogen-bond donors (Lipinski definition) is 1. The molecular formula is C24H15FN2O3. The molecule has 146 valence electrons. The summed E-state index contributed by atoms with van der Waals surface area (Å²) >= 11 is 0. The average Bonchev–Trinajstić information content (AvgIpc) is 2.76. The normalized spacial score (nSPS) is 10.7. The van der Waals surface area contributed by atoms with Crippen molar-refractivity contribution in [2.24, 2.45) is 0 Å². The van der Waals surface area contributed by atoms with Gasteiger partial charge in [-0.25, -0.2) is 9.18 Å². The van der Waals surface area contributed by atoms with Gasteiger partial charge in [-0.05, 0) is 34.9 Å². The van der Waals surface area contributed by atoms with E-state index < -0.39 is 22.8 Å². The minimum atomic E-state index is -1.36. The maximum Gasteiger partial charge on any atom is 0.341 e. The van der Waals surface area contributed by atoms with Gasteiger partial charge in [0.05, 0.1) is 17.1 Å². The molecule has 1 aromatic heterocycles. The number of aromatic nitrogens is 1. The monoisotopic (exact) mass is 398 g/mol. The lowest BCUT2D eigenvalue weighted by Crippen LogP contribution is -2.19. The zero-order valence-electron chi connectivity index (χ0n) is 15.7. The number of halogens is 1. The van der Waals surface area contributed by atoms with E-state index in [4.69, 9.17) is 0 Å². The lowest BCUT2D eigenvalue weighted by atomic mass is 9.99. The Bertz CT molecular complexity index is 1380. The summed E-state index contributed by atoms with van der Waals surface area (Å²) in [6.45, 7) is 0.179. The van der Waals surface area contributed by atoms with Crippen LogP contribution in [-0.2, 0) is 6.54 Å². The molecule has 0 atom stereocenters. The molecule has 30 heavy (non-hydrogen) atoms. The molecule has 6 heteroatoms. The SMILES string of the molecule is N#Cc1ccccc1-c1ccc(Cn2cc(C(=O)O)c(=O)c3cccc(F)c32)cc1. The second-order valence-corrected chi connectivity index (χ2v) is 6.80. The Kier molecular flexibility index (Phi) is 4.87. The van der Waals surface area contributed by atoms with Gasteiger partial charge in [0.25, 0.3) is 0 Å². The molecule has 0 amide bonds. The number of pyridine rings is 1. The summed E-state index contributed by atoms with van der Waals surface area (Å²) in [5.74, 6) is -1.95. The lowest BCUT2D eigenvalue weighted by molar-refractivity contribution is 0.0695. The Labute approximate surface area is 170 Å². The summed E-state index contributed by atoms with van der Waals surface area (Å²) < 4.78 is 15.9. The second kappa shape index (κ2) is 7.64. The van der Waals surface area contributed by atoms with Crippen molar-refractivity contribution in [1.82, 2.24) is 4.57 Å². The van der Waals surface area contributed by atoms with Crippen LogP contribution in [0.5, 0.6) is 0 Å². The molecule has 5 nitrogen and oxygen atoms in total. The third kappa shape index (κ3) is 3.33. The number of hydrogen-bond acceptors (Lipinski definition) is 3. The van der Waals surface area contributed by atoms with Crippen molar-refractivity contribution in [3.63, 3.8) is 0 Å². The fourth-order valence-corrected chi connectivity index (χ4v) is 3.51. The molecule has 0 saturated heterocycles. The Hall–Kier alpha value is -4.24. The standard InChI is InChI=1S/C24H15FN2O3/c25-21-7-3-6-19-22(21)27(14-20(23(19)28)24(29)30)13-15-8-10-16(11-9-15)18-5-2-1-4-17(18)12-26/h1-11,14H,13H2,(H,29,30). The number of aromatic carboxylic acids is 1. The summed E-state index contributed by atoms with van der Waals surface area (Å²) in [6.07, 6.45) is 1.18. The first kappa shape index (κ1) is 19.1. The van der Waals surface area contributed by atoms with Crippen molar-refractivity contribution in [2.45, 2.75) is 6.54 Å². The lowest BCUT2D eigenvalue weighted by Gasteiger charge is -2.14. The summed E-state index contributed by atoms with van der Waals surface area (Å²) in [5, 5.41) is 18.7. The largest absolute Gasteiger partial charge is 0.477 e. The predicted octanol–water partition coefficient (Wildman–Crippen LogP) is 4.43. The van der Waals surface area contributed by atoms with Crippen LogP contribution >= 0.6 is 0 Å². The maximum absolute atomic E-state index is 14.5. The van der Waals surface area contributed by atoms with Crippen LogP contribution in [0.2, 0.25) is 0 Å². The van der Waals surface area contributed by atoms with E-state index in [9.17, 15) is 24.3 Å². The van der Waals surface area contributed by atoms with Crippen LogP contribution in [0.15, 0.2) is 77.7 Å². The van der Waals surface area contributed by atoms with Gasteiger partial charge in [-0.15, -0.1) is 0 Å². The topological polar surface area (TPSA) is 83.1 Å². The highest BCUT2D eigenvalue weighted by Gasteiger charge is 2.17. The molecule has 0 unspecified atom stereocenters. The van der Waals surface area contributed by atoms with E-state index in [1.54, 1.807) is 12.1 Å². The van der Waals surface area contributed by atoms with Crippen LogP contribution in [-0.4, -0.2) is 15.6 Å². The first-order chi connectivity index (χ1) is 14.5. The quantitative estimate of drug-likeness (QED) is 0.551. The van der Waals surface area contributed by atoms with Crippen LogP contribution in [0, 0.1) is 17.1 Å². The first-order valence-electron chi connectivity index (χ1n) is 9.13. The van der Waals surface area contributed by atoms with E-state index in [1.807, 2.05) is 36.4 Å². The molecule has 0 saturated carbocycles. The highest BCUT2D eigenvalue weighted by Crippen LogP contribution is 2.24. The van der Waals surface area contributed by atoms with E-state index >= 15 is 0 Å². The molecule has 1 heterocycles. The first-order valence-corrected chi connectivity index (χ1v) is 9.13. The number of carbonyl (C=O) groups is 1. The zero-order chi connectivity index (χ0) is 21.3. The van der Waals surface area contributed by atoms with E-state index in [2.05, 4.69) is 6.07 Å². The van der Waals surface area contributed by atoms with Gasteiger partial charge in [0.15, 0.2) is 0 Å². The number of nitrogens with zero attached hydrogens (tertiary/aromatic N) is 2. The Morgan fingerprint density at radius 2 is 1.77 bits per heavy atom. The van der Waals surface area contributed by atoms with Gasteiger partial charge in [-0.3, -0.25) is 4.79 Å². The van der Waals surface area contributed by atoms with Crippen molar-refractivity contribution >= 4 is 16.9 Å². The van der Waals surface area contributed by atoms with Crippen LogP contribution in [0.4, 0.5) is 4.39 Å². The molecule has 0 spiro atoms. The molecule has 0 aliphatic carbocycles. The molecule has 0 fully saturated rings. The summed E-state index contributed by atoms with van der Waals surface area (Å²) in [5.41, 5.74) is 1.95. The van der Waals surface area contributed by atoms with Crippen LogP contribution < -0.4 is 5.43 Å². The molecule has 0 aliphatic rings. The molecule has 0 radical (unpaired) electrons. The Morgan fingerprint density at radius 3 is 2.47 bits per heavy atom. The fourth-order valence-electron chi connectivity index (χ4n) is 3.51. The summed E-state index contributed by atoms with van der Waals surface area (Å²) in [6, 6.07) is 20.8. The Morgan fingerprint density at radius 1 is 1.03 bits per heavy atom. The van der Waals surface area contributed by atoms with E-state index in [0.717, 1.165) is 16.7 Å². The number of para-hydroxylation sites is 1. The average molecular weight is 398 g/mol. The number of benzene rings is 3. The van der Waals surface area contributed by atoms with Gasteiger partial charge >= 0.3 is 5.97 Å². The third-order valence-electron chi connectivity index (χ3n) is 4.94. The van der Waals surface area contributed by atoms with Crippen molar-refractivity contribution in [3.8, 4) is 17.2 Å². The van der Waals surface area contributed by atoms with Gasteiger partial charge < -0.3 is 9.67 Å². The Balaban J connectivity index is 1.78. The van der Waals surface area contributed by atoms with Gasteiger partial charge in [0, 0.05) is 18.1 Å². The molecule has 0 aliphatic heterocycles. The van der Waals surface area contributed by atoms with E-state index in [-0.39, 0.29) is 17.4 Å². The molecule has 1 N–H and O–H groups in total. The highest BCUT2D eigenvalue weighted by atomic mass is 19.1. The van der Waals surface area contributed by atoms with Crippen LogP contribution in [0.25, 0.3) is 22.0 Å². The maximum atomic E-state index is 14.5. The van der Waals surface area contributed by atoms with Crippen LogP contribution in [0.1, 0.15) is 21.5 Å². The van der Waals surface area contributed by atoms with Crippen LogP contribution in [0.3, 0.4) is 0 Å². The van der Waals surface area contributed by atoms with Crippen molar-refractivity contribution < 1.29 is 14.3 Å². The van der Waals surface area contributed by atoms with E-state index in [0.29, 0.717) is 5.56 Å². The third-order valence-corrected chi connectivity index (χ3v) is 4.94. The molecule has 3 aromatic carbocycles. The minimum Gasteiger partial charge on any atom is -0.477 e. The van der Waals surface area contributed by atoms with Crippen molar-refractivity contribution in [1.29, 1.82) is 5.26 Å². The van der Waals surface area contributed by atoms with E-state index in [1.165, 1.54) is 29.0 Å². The number of fused-ring (bicyclic) bond motifs is 1. The smallest absolute Gasteiger partial charge is 0.341 e. The summed E-state index contributed by atoms with van der Waals surface area (Å²) in [7, 11) is 0. The highest BCUT2D eigenvalue weighted by molar-refractivity contribution is 5.92.